The highest BCUT2D eigenvalue weighted by Gasteiger charge is 2.15. The molecule has 0 unspecified atom stereocenters. The summed E-state index contributed by atoms with van der Waals surface area (Å²) >= 11 is 0. The predicted octanol–water partition coefficient (Wildman–Crippen LogP) is 0.387. The summed E-state index contributed by atoms with van der Waals surface area (Å²) in [6.45, 7) is 6.27. The third-order valence-corrected chi connectivity index (χ3v) is 3.13. The normalized spacial score (nSPS) is 17.3. The molecule has 1 fully saturated rings. The van der Waals surface area contributed by atoms with Crippen molar-refractivity contribution in [3.63, 3.8) is 0 Å². The summed E-state index contributed by atoms with van der Waals surface area (Å²) in [4.78, 5) is 6.48. The number of hydrogen-bond acceptors (Lipinski definition) is 5. The van der Waals surface area contributed by atoms with Gasteiger partial charge in [0, 0.05) is 37.9 Å². The molecule has 5 nitrogen and oxygen atoms in total. The van der Waals surface area contributed by atoms with E-state index in [0.717, 1.165) is 44.0 Å². The van der Waals surface area contributed by atoms with E-state index in [-0.39, 0.29) is 5.75 Å². The molecule has 1 aromatic heterocycles. The average molecular weight is 237 g/mol. The van der Waals surface area contributed by atoms with Crippen LogP contribution < -0.4 is 5.73 Å². The molecule has 0 radical (unpaired) electrons. The first-order chi connectivity index (χ1) is 8.22. The number of nitrogens with two attached hydrogens (primary N) is 1. The SMILES string of the molecule is Cc1ncc(CN2CCOCC2)c(CN)c1O. The van der Waals surface area contributed by atoms with Crippen molar-refractivity contribution in [2.45, 2.75) is 20.0 Å². The maximum absolute atomic E-state index is 9.92. The van der Waals surface area contributed by atoms with Crippen LogP contribution in [0, 0.1) is 6.92 Å². The summed E-state index contributed by atoms with van der Waals surface area (Å²) in [5, 5.41) is 9.92. The van der Waals surface area contributed by atoms with Crippen LogP contribution in [0.15, 0.2) is 6.20 Å². The molecule has 94 valence electrons. The molecule has 1 aliphatic rings. The van der Waals surface area contributed by atoms with Gasteiger partial charge in [-0.1, -0.05) is 0 Å². The number of aromatic nitrogens is 1. The Labute approximate surface area is 101 Å². The second-order valence-corrected chi connectivity index (χ2v) is 4.29. The van der Waals surface area contributed by atoms with Crippen molar-refractivity contribution in [3.05, 3.63) is 23.0 Å². The van der Waals surface area contributed by atoms with Gasteiger partial charge in [0.1, 0.15) is 5.75 Å². The third kappa shape index (κ3) is 2.74. The Morgan fingerprint density at radius 3 is 2.82 bits per heavy atom. The van der Waals surface area contributed by atoms with Gasteiger partial charge >= 0.3 is 0 Å². The van der Waals surface area contributed by atoms with Crippen molar-refractivity contribution in [1.82, 2.24) is 9.88 Å². The Hall–Kier alpha value is -1.17. The van der Waals surface area contributed by atoms with Crippen LogP contribution in [-0.4, -0.2) is 41.3 Å². The summed E-state index contributed by atoms with van der Waals surface area (Å²) < 4.78 is 5.31. The fraction of sp³-hybridized carbons (Fsp3) is 0.583. The molecule has 17 heavy (non-hydrogen) atoms. The quantitative estimate of drug-likeness (QED) is 0.795. The number of ether oxygens (including phenoxy) is 1. The summed E-state index contributed by atoms with van der Waals surface area (Å²) in [6, 6.07) is 0. The molecule has 0 amide bonds. The van der Waals surface area contributed by atoms with Crippen LogP contribution in [-0.2, 0) is 17.8 Å². The number of nitrogens with zero attached hydrogens (tertiary/aromatic N) is 2. The molecule has 0 saturated carbocycles. The van der Waals surface area contributed by atoms with Gasteiger partial charge < -0.3 is 15.6 Å². The third-order valence-electron chi connectivity index (χ3n) is 3.13. The van der Waals surface area contributed by atoms with Gasteiger partial charge in [0.25, 0.3) is 0 Å². The minimum absolute atomic E-state index is 0.234. The molecule has 0 bridgehead atoms. The molecule has 5 heteroatoms. The standard InChI is InChI=1S/C12H19N3O2/c1-9-12(16)11(6-13)10(7-14-9)8-15-2-4-17-5-3-15/h7,16H,2-6,8,13H2,1H3. The van der Waals surface area contributed by atoms with Gasteiger partial charge in [0.2, 0.25) is 0 Å². The molecule has 0 spiro atoms. The summed E-state index contributed by atoms with van der Waals surface area (Å²) in [6.07, 6.45) is 1.81. The van der Waals surface area contributed by atoms with Gasteiger partial charge in [0.05, 0.1) is 18.9 Å². The van der Waals surface area contributed by atoms with Crippen molar-refractivity contribution < 1.29 is 9.84 Å². The van der Waals surface area contributed by atoms with E-state index in [1.165, 1.54) is 0 Å². The van der Waals surface area contributed by atoms with Crippen LogP contribution in [0.1, 0.15) is 16.8 Å². The first kappa shape index (κ1) is 12.3. The predicted molar refractivity (Wildman–Crippen MR) is 64.6 cm³/mol. The average Bonchev–Trinajstić information content (AvgIpc) is 2.36. The Morgan fingerprint density at radius 1 is 1.47 bits per heavy atom. The van der Waals surface area contributed by atoms with Crippen LogP contribution in [0.3, 0.4) is 0 Å². The fourth-order valence-electron chi connectivity index (χ4n) is 2.05. The van der Waals surface area contributed by atoms with Gasteiger partial charge in [-0.05, 0) is 12.5 Å². The Morgan fingerprint density at radius 2 is 2.18 bits per heavy atom. The minimum Gasteiger partial charge on any atom is -0.506 e. The molecule has 1 aromatic rings. The van der Waals surface area contributed by atoms with Crippen molar-refractivity contribution >= 4 is 0 Å². The van der Waals surface area contributed by atoms with Crippen molar-refractivity contribution in [2.75, 3.05) is 26.3 Å². The number of rotatable bonds is 3. The largest absolute Gasteiger partial charge is 0.506 e. The Kier molecular flexibility index (Phi) is 3.93. The van der Waals surface area contributed by atoms with Gasteiger partial charge in [-0.2, -0.15) is 0 Å². The lowest BCUT2D eigenvalue weighted by Gasteiger charge is -2.27. The minimum atomic E-state index is 0.234. The lowest BCUT2D eigenvalue weighted by Crippen LogP contribution is -2.36. The van der Waals surface area contributed by atoms with Crippen LogP contribution in [0.2, 0.25) is 0 Å². The number of morpholine rings is 1. The van der Waals surface area contributed by atoms with Crippen LogP contribution in [0.5, 0.6) is 5.75 Å². The number of aryl methyl sites for hydroxylation is 1. The molecule has 1 saturated heterocycles. The monoisotopic (exact) mass is 237 g/mol. The van der Waals surface area contributed by atoms with Crippen molar-refractivity contribution in [3.8, 4) is 5.75 Å². The molecule has 1 aliphatic heterocycles. The van der Waals surface area contributed by atoms with Crippen LogP contribution in [0.4, 0.5) is 0 Å². The van der Waals surface area contributed by atoms with E-state index in [4.69, 9.17) is 10.5 Å². The highest BCUT2D eigenvalue weighted by atomic mass is 16.5. The van der Waals surface area contributed by atoms with E-state index in [9.17, 15) is 5.11 Å². The number of pyridine rings is 1. The van der Waals surface area contributed by atoms with E-state index in [0.29, 0.717) is 12.2 Å². The highest BCUT2D eigenvalue weighted by molar-refractivity contribution is 5.40. The van der Waals surface area contributed by atoms with Crippen molar-refractivity contribution in [2.24, 2.45) is 5.73 Å². The van der Waals surface area contributed by atoms with E-state index in [1.807, 2.05) is 6.20 Å². The first-order valence-electron chi connectivity index (χ1n) is 5.89. The van der Waals surface area contributed by atoms with E-state index in [2.05, 4.69) is 9.88 Å². The number of hydrogen-bond donors (Lipinski definition) is 2. The molecule has 0 aliphatic carbocycles. The maximum atomic E-state index is 9.92. The molecule has 2 heterocycles. The maximum Gasteiger partial charge on any atom is 0.141 e. The van der Waals surface area contributed by atoms with Gasteiger partial charge in [-0.25, -0.2) is 0 Å². The first-order valence-corrected chi connectivity index (χ1v) is 5.89. The second kappa shape index (κ2) is 5.44. The second-order valence-electron chi connectivity index (χ2n) is 4.29. The molecule has 2 rings (SSSR count). The molecule has 0 atom stereocenters. The van der Waals surface area contributed by atoms with Gasteiger partial charge in [-0.15, -0.1) is 0 Å². The van der Waals surface area contributed by atoms with Crippen molar-refractivity contribution in [1.29, 1.82) is 0 Å². The smallest absolute Gasteiger partial charge is 0.141 e. The van der Waals surface area contributed by atoms with E-state index >= 15 is 0 Å². The molecular weight excluding hydrogens is 218 g/mol. The summed E-state index contributed by atoms with van der Waals surface area (Å²) in [7, 11) is 0. The topological polar surface area (TPSA) is 71.6 Å². The van der Waals surface area contributed by atoms with E-state index in [1.54, 1.807) is 6.92 Å². The Bertz CT molecular complexity index is 390. The fourth-order valence-corrected chi connectivity index (χ4v) is 2.05. The Balaban J connectivity index is 2.17. The zero-order chi connectivity index (χ0) is 12.3. The lowest BCUT2D eigenvalue weighted by molar-refractivity contribution is 0.0340. The summed E-state index contributed by atoms with van der Waals surface area (Å²) in [5.41, 5.74) is 8.15. The number of aromatic hydroxyl groups is 1. The van der Waals surface area contributed by atoms with Gasteiger partial charge in [-0.3, -0.25) is 9.88 Å². The lowest BCUT2D eigenvalue weighted by atomic mass is 10.1. The van der Waals surface area contributed by atoms with E-state index < -0.39 is 0 Å². The molecular formula is C12H19N3O2. The summed E-state index contributed by atoms with van der Waals surface area (Å²) in [5.74, 6) is 0.234. The zero-order valence-corrected chi connectivity index (χ0v) is 10.1. The molecule has 3 N–H and O–H groups in total. The zero-order valence-electron chi connectivity index (χ0n) is 10.1. The molecule has 0 aromatic carbocycles. The van der Waals surface area contributed by atoms with Gasteiger partial charge in [0.15, 0.2) is 0 Å². The highest BCUT2D eigenvalue weighted by Crippen LogP contribution is 2.24. The van der Waals surface area contributed by atoms with Crippen LogP contribution in [0.25, 0.3) is 0 Å². The van der Waals surface area contributed by atoms with Crippen LogP contribution >= 0.6 is 0 Å².